The molecule has 1 N–H and O–H groups in total. The van der Waals surface area contributed by atoms with Gasteiger partial charge in [0, 0.05) is 23.7 Å². The van der Waals surface area contributed by atoms with Gasteiger partial charge < -0.3 is 10.1 Å². The van der Waals surface area contributed by atoms with E-state index in [-0.39, 0.29) is 17.7 Å². The second kappa shape index (κ2) is 8.99. The lowest BCUT2D eigenvalue weighted by molar-refractivity contribution is -0.385. The zero-order chi connectivity index (χ0) is 19.1. The molecule has 0 saturated heterocycles. The van der Waals surface area contributed by atoms with Crippen LogP contribution in [-0.4, -0.2) is 23.5 Å². The molecular formula is C20H24N2O4. The van der Waals surface area contributed by atoms with Crippen LogP contribution in [0.2, 0.25) is 0 Å². The molecule has 0 radical (unpaired) electrons. The highest BCUT2D eigenvalue weighted by atomic mass is 16.6. The van der Waals surface area contributed by atoms with Crippen molar-refractivity contribution in [1.29, 1.82) is 0 Å². The van der Waals surface area contributed by atoms with Crippen LogP contribution in [0.5, 0.6) is 5.75 Å². The highest BCUT2D eigenvalue weighted by Gasteiger charge is 2.17. The van der Waals surface area contributed by atoms with Crippen molar-refractivity contribution in [1.82, 2.24) is 5.32 Å². The van der Waals surface area contributed by atoms with Gasteiger partial charge in [-0.25, -0.2) is 0 Å². The summed E-state index contributed by atoms with van der Waals surface area (Å²) in [6.45, 7) is 6.07. The van der Waals surface area contributed by atoms with Gasteiger partial charge in [0.05, 0.1) is 11.0 Å². The number of nitrogens with one attached hydrogen (secondary N) is 1. The standard InChI is InChI=1S/C20H24N2O4/c1-14(2)26-17-11-9-16(10-12-17)6-5-13-21-20(23)18-7-4-8-19(15(18)3)22(24)25/h4,7-12,14H,5-6,13H2,1-3H3,(H,21,23). The molecule has 0 bridgehead atoms. The third-order valence-corrected chi connectivity index (χ3v) is 3.97. The number of carbonyl (C=O) groups excluding carboxylic acids is 1. The SMILES string of the molecule is Cc1c(C(=O)NCCCc2ccc(OC(C)C)cc2)cccc1[N+](=O)[O-]. The minimum atomic E-state index is -0.473. The number of hydrogen-bond donors (Lipinski definition) is 1. The van der Waals surface area contributed by atoms with Gasteiger partial charge in [-0.05, 0) is 57.4 Å². The van der Waals surface area contributed by atoms with E-state index in [0.29, 0.717) is 17.7 Å². The molecule has 0 atom stereocenters. The first kappa shape index (κ1) is 19.4. The van der Waals surface area contributed by atoms with E-state index in [0.717, 1.165) is 18.6 Å². The number of ether oxygens (including phenoxy) is 1. The largest absolute Gasteiger partial charge is 0.491 e. The quantitative estimate of drug-likeness (QED) is 0.439. The van der Waals surface area contributed by atoms with Gasteiger partial charge in [-0.2, -0.15) is 0 Å². The average molecular weight is 356 g/mol. The molecule has 0 aliphatic rings. The van der Waals surface area contributed by atoms with Crippen molar-refractivity contribution in [3.8, 4) is 5.75 Å². The summed E-state index contributed by atoms with van der Waals surface area (Å²) < 4.78 is 5.61. The molecule has 2 rings (SSSR count). The predicted octanol–water partition coefficient (Wildman–Crippen LogP) is 4.05. The fourth-order valence-corrected chi connectivity index (χ4v) is 2.66. The molecule has 6 nitrogen and oxygen atoms in total. The molecule has 138 valence electrons. The molecular weight excluding hydrogens is 332 g/mol. The summed E-state index contributed by atoms with van der Waals surface area (Å²) in [5.41, 5.74) is 1.85. The summed E-state index contributed by atoms with van der Waals surface area (Å²) in [6.07, 6.45) is 1.76. The van der Waals surface area contributed by atoms with Crippen molar-refractivity contribution in [3.05, 3.63) is 69.3 Å². The van der Waals surface area contributed by atoms with Crippen LogP contribution in [0.1, 0.15) is 41.8 Å². The third kappa shape index (κ3) is 5.31. The van der Waals surface area contributed by atoms with Crippen molar-refractivity contribution in [2.24, 2.45) is 0 Å². The van der Waals surface area contributed by atoms with Gasteiger partial charge in [-0.1, -0.05) is 18.2 Å². The second-order valence-electron chi connectivity index (χ2n) is 6.38. The van der Waals surface area contributed by atoms with Gasteiger partial charge in [-0.3, -0.25) is 14.9 Å². The van der Waals surface area contributed by atoms with E-state index in [4.69, 9.17) is 4.74 Å². The van der Waals surface area contributed by atoms with Crippen molar-refractivity contribution in [2.75, 3.05) is 6.54 Å². The lowest BCUT2D eigenvalue weighted by atomic mass is 10.1. The predicted molar refractivity (Wildman–Crippen MR) is 101 cm³/mol. The molecule has 6 heteroatoms. The van der Waals surface area contributed by atoms with Crippen molar-refractivity contribution in [3.63, 3.8) is 0 Å². The van der Waals surface area contributed by atoms with Crippen LogP contribution in [0.3, 0.4) is 0 Å². The lowest BCUT2D eigenvalue weighted by Crippen LogP contribution is -2.25. The van der Waals surface area contributed by atoms with Gasteiger partial charge in [-0.15, -0.1) is 0 Å². The van der Waals surface area contributed by atoms with E-state index < -0.39 is 4.92 Å². The van der Waals surface area contributed by atoms with Crippen LogP contribution < -0.4 is 10.1 Å². The maximum absolute atomic E-state index is 12.2. The van der Waals surface area contributed by atoms with E-state index in [1.54, 1.807) is 13.0 Å². The first-order valence-corrected chi connectivity index (χ1v) is 8.66. The summed E-state index contributed by atoms with van der Waals surface area (Å²) in [5, 5.41) is 13.8. The van der Waals surface area contributed by atoms with E-state index >= 15 is 0 Å². The molecule has 0 aliphatic heterocycles. The maximum Gasteiger partial charge on any atom is 0.273 e. The van der Waals surface area contributed by atoms with Gasteiger partial charge in [0.1, 0.15) is 5.75 Å². The molecule has 0 fully saturated rings. The third-order valence-electron chi connectivity index (χ3n) is 3.97. The summed E-state index contributed by atoms with van der Waals surface area (Å²) in [6, 6.07) is 12.5. The number of nitrogens with zero attached hydrogens (tertiary/aromatic N) is 1. The first-order valence-electron chi connectivity index (χ1n) is 8.66. The average Bonchev–Trinajstić information content (AvgIpc) is 2.59. The van der Waals surface area contributed by atoms with Crippen molar-refractivity contribution < 1.29 is 14.5 Å². The minimum Gasteiger partial charge on any atom is -0.491 e. The summed E-state index contributed by atoms with van der Waals surface area (Å²) >= 11 is 0. The summed E-state index contributed by atoms with van der Waals surface area (Å²) in [5.74, 6) is 0.560. The smallest absolute Gasteiger partial charge is 0.273 e. The zero-order valence-corrected chi connectivity index (χ0v) is 15.3. The Balaban J connectivity index is 1.84. The highest BCUT2D eigenvalue weighted by Crippen LogP contribution is 2.21. The van der Waals surface area contributed by atoms with Crippen LogP contribution in [0.15, 0.2) is 42.5 Å². The first-order chi connectivity index (χ1) is 12.4. The van der Waals surface area contributed by atoms with Crippen LogP contribution in [-0.2, 0) is 6.42 Å². The monoisotopic (exact) mass is 356 g/mol. The maximum atomic E-state index is 12.2. The number of carbonyl (C=O) groups is 1. The Morgan fingerprint density at radius 2 is 1.88 bits per heavy atom. The Morgan fingerprint density at radius 1 is 1.19 bits per heavy atom. The molecule has 1 amide bonds. The molecule has 2 aromatic rings. The number of amides is 1. The Hall–Kier alpha value is -2.89. The van der Waals surface area contributed by atoms with E-state index in [1.807, 2.05) is 38.1 Å². The van der Waals surface area contributed by atoms with Gasteiger partial charge >= 0.3 is 0 Å². The van der Waals surface area contributed by atoms with Crippen LogP contribution >= 0.6 is 0 Å². The molecule has 0 heterocycles. The second-order valence-corrected chi connectivity index (χ2v) is 6.38. The molecule has 0 saturated carbocycles. The zero-order valence-electron chi connectivity index (χ0n) is 15.3. The molecule has 2 aromatic carbocycles. The lowest BCUT2D eigenvalue weighted by Gasteiger charge is -2.10. The minimum absolute atomic E-state index is 0.0404. The topological polar surface area (TPSA) is 81.5 Å². The van der Waals surface area contributed by atoms with Crippen molar-refractivity contribution >= 4 is 11.6 Å². The molecule has 0 aliphatic carbocycles. The molecule has 26 heavy (non-hydrogen) atoms. The van der Waals surface area contributed by atoms with E-state index in [1.165, 1.54) is 17.7 Å². The van der Waals surface area contributed by atoms with Crippen LogP contribution in [0.25, 0.3) is 0 Å². The summed E-state index contributed by atoms with van der Waals surface area (Å²) in [7, 11) is 0. The van der Waals surface area contributed by atoms with Crippen LogP contribution in [0, 0.1) is 17.0 Å². The van der Waals surface area contributed by atoms with Gasteiger partial charge in [0.2, 0.25) is 0 Å². The molecule has 0 spiro atoms. The van der Waals surface area contributed by atoms with Crippen LogP contribution in [0.4, 0.5) is 5.69 Å². The van der Waals surface area contributed by atoms with E-state index in [2.05, 4.69) is 5.32 Å². The van der Waals surface area contributed by atoms with Gasteiger partial charge in [0.25, 0.3) is 11.6 Å². The number of hydrogen-bond acceptors (Lipinski definition) is 4. The number of benzene rings is 2. The Morgan fingerprint density at radius 3 is 2.50 bits per heavy atom. The number of nitro groups is 1. The Bertz CT molecular complexity index is 770. The number of rotatable bonds is 8. The summed E-state index contributed by atoms with van der Waals surface area (Å²) in [4.78, 5) is 22.7. The fourth-order valence-electron chi connectivity index (χ4n) is 2.66. The highest BCUT2D eigenvalue weighted by molar-refractivity contribution is 5.96. The Labute approximate surface area is 153 Å². The number of nitro benzene ring substituents is 1. The van der Waals surface area contributed by atoms with Gasteiger partial charge in [0.15, 0.2) is 0 Å². The molecule has 0 unspecified atom stereocenters. The Kier molecular flexibility index (Phi) is 6.72. The van der Waals surface area contributed by atoms with E-state index in [9.17, 15) is 14.9 Å². The fraction of sp³-hybridized carbons (Fsp3) is 0.350. The normalized spacial score (nSPS) is 10.6. The number of aryl methyl sites for hydroxylation is 1. The van der Waals surface area contributed by atoms with Crippen molar-refractivity contribution in [2.45, 2.75) is 39.7 Å². The molecule has 0 aromatic heterocycles.